The minimum Gasteiger partial charge on any atom is -0.478 e. The lowest BCUT2D eigenvalue weighted by Crippen LogP contribution is -2.09. The molecule has 106 valence electrons. The summed E-state index contributed by atoms with van der Waals surface area (Å²) in [5.41, 5.74) is 2.12. The van der Waals surface area contributed by atoms with Crippen LogP contribution in [0.15, 0.2) is 16.6 Å². The summed E-state index contributed by atoms with van der Waals surface area (Å²) in [5, 5.41) is 9.99. The number of aryl methyl sites for hydroxylation is 1. The second-order valence-corrected chi connectivity index (χ2v) is 5.46. The highest BCUT2D eigenvalue weighted by atomic mass is 79.9. The summed E-state index contributed by atoms with van der Waals surface area (Å²) >= 11 is 3.10. The number of aromatic nitrogens is 1. The van der Waals surface area contributed by atoms with Crippen LogP contribution in [0, 0.1) is 5.82 Å². The fraction of sp³-hybridized carbons (Fsp3) is 0.333. The van der Waals surface area contributed by atoms with Gasteiger partial charge in [-0.25, -0.2) is 9.18 Å². The molecule has 0 unspecified atom stereocenters. The lowest BCUT2D eigenvalue weighted by atomic mass is 9.96. The summed E-state index contributed by atoms with van der Waals surface area (Å²) < 4.78 is 13.9. The number of carbonyl (C=O) groups is 1. The first-order valence-electron chi connectivity index (χ1n) is 6.53. The molecule has 0 aliphatic rings. The maximum absolute atomic E-state index is 13.6. The van der Waals surface area contributed by atoms with Gasteiger partial charge in [-0.2, -0.15) is 0 Å². The smallest absolute Gasteiger partial charge is 0.336 e. The topological polar surface area (TPSA) is 50.2 Å². The lowest BCUT2D eigenvalue weighted by Gasteiger charge is -2.13. The number of carboxylic acids is 1. The van der Waals surface area contributed by atoms with Gasteiger partial charge in [0.05, 0.1) is 15.6 Å². The summed E-state index contributed by atoms with van der Waals surface area (Å²) in [5.74, 6) is -1.43. The fourth-order valence-electron chi connectivity index (χ4n) is 2.42. The predicted molar refractivity (Wildman–Crippen MR) is 79.7 cm³/mol. The van der Waals surface area contributed by atoms with E-state index in [2.05, 4.69) is 20.9 Å². The van der Waals surface area contributed by atoms with Gasteiger partial charge in [0.2, 0.25) is 0 Å². The molecule has 1 aromatic heterocycles. The molecule has 20 heavy (non-hydrogen) atoms. The average Bonchev–Trinajstić information content (AvgIpc) is 2.39. The van der Waals surface area contributed by atoms with Crippen molar-refractivity contribution in [2.75, 3.05) is 0 Å². The molecular formula is C15H15BrFNO2. The van der Waals surface area contributed by atoms with Gasteiger partial charge in [0, 0.05) is 17.1 Å². The van der Waals surface area contributed by atoms with E-state index in [1.807, 2.05) is 13.8 Å². The number of rotatable bonds is 4. The van der Waals surface area contributed by atoms with E-state index in [0.717, 1.165) is 17.7 Å². The summed E-state index contributed by atoms with van der Waals surface area (Å²) in [6.07, 6.45) is 2.15. The maximum atomic E-state index is 13.6. The molecule has 0 fully saturated rings. The molecule has 0 atom stereocenters. The number of halogens is 2. The Morgan fingerprint density at radius 3 is 2.65 bits per heavy atom. The second kappa shape index (κ2) is 5.87. The number of aromatic carboxylic acids is 1. The van der Waals surface area contributed by atoms with Crippen LogP contribution >= 0.6 is 15.9 Å². The molecule has 1 N–H and O–H groups in total. The lowest BCUT2D eigenvalue weighted by molar-refractivity contribution is 0.0697. The molecule has 0 radical (unpaired) electrons. The van der Waals surface area contributed by atoms with Crippen LogP contribution in [0.3, 0.4) is 0 Å². The van der Waals surface area contributed by atoms with Crippen LogP contribution in [0.2, 0.25) is 0 Å². The summed E-state index contributed by atoms with van der Waals surface area (Å²) in [6, 6.07) is 2.78. The van der Waals surface area contributed by atoms with Gasteiger partial charge in [-0.1, -0.05) is 20.3 Å². The van der Waals surface area contributed by atoms with Crippen LogP contribution in [-0.4, -0.2) is 16.1 Å². The van der Waals surface area contributed by atoms with Crippen LogP contribution in [0.5, 0.6) is 0 Å². The zero-order valence-electron chi connectivity index (χ0n) is 11.3. The third-order valence-corrected chi connectivity index (χ3v) is 3.88. The van der Waals surface area contributed by atoms with E-state index in [-0.39, 0.29) is 10.0 Å². The van der Waals surface area contributed by atoms with Crippen molar-refractivity contribution in [1.29, 1.82) is 0 Å². The zero-order valence-corrected chi connectivity index (χ0v) is 12.9. The average molecular weight is 340 g/mol. The van der Waals surface area contributed by atoms with Crippen LogP contribution in [0.4, 0.5) is 4.39 Å². The van der Waals surface area contributed by atoms with E-state index in [9.17, 15) is 14.3 Å². The Balaban J connectivity index is 2.90. The van der Waals surface area contributed by atoms with E-state index >= 15 is 0 Å². The van der Waals surface area contributed by atoms with Gasteiger partial charge in [0.1, 0.15) is 5.82 Å². The van der Waals surface area contributed by atoms with Crippen molar-refractivity contribution in [2.45, 2.75) is 33.1 Å². The van der Waals surface area contributed by atoms with Gasteiger partial charge < -0.3 is 5.11 Å². The monoisotopic (exact) mass is 339 g/mol. The molecule has 5 heteroatoms. The maximum Gasteiger partial charge on any atom is 0.336 e. The molecule has 0 aliphatic carbocycles. The van der Waals surface area contributed by atoms with Crippen molar-refractivity contribution in [3.05, 3.63) is 39.2 Å². The van der Waals surface area contributed by atoms with Gasteiger partial charge >= 0.3 is 5.97 Å². The number of hydrogen-bond acceptors (Lipinski definition) is 2. The SMILES string of the molecule is CCCc1nc2cc(F)c(Br)cc2c(C(=O)O)c1CC. The minimum absolute atomic E-state index is 0.238. The van der Waals surface area contributed by atoms with Gasteiger partial charge in [-0.05, 0) is 40.4 Å². The first-order chi connectivity index (χ1) is 9.49. The van der Waals surface area contributed by atoms with E-state index in [1.165, 1.54) is 12.1 Å². The molecular weight excluding hydrogens is 325 g/mol. The van der Waals surface area contributed by atoms with Gasteiger partial charge in [0.15, 0.2) is 0 Å². The number of fused-ring (bicyclic) bond motifs is 1. The van der Waals surface area contributed by atoms with Gasteiger partial charge in [-0.3, -0.25) is 4.98 Å². The first-order valence-corrected chi connectivity index (χ1v) is 7.32. The Hall–Kier alpha value is -1.49. The fourth-order valence-corrected chi connectivity index (χ4v) is 2.76. The van der Waals surface area contributed by atoms with E-state index in [0.29, 0.717) is 23.7 Å². The quantitative estimate of drug-likeness (QED) is 0.900. The molecule has 2 rings (SSSR count). The number of carboxylic acid groups (broad SMARTS) is 1. The van der Waals surface area contributed by atoms with Crippen LogP contribution in [0.25, 0.3) is 10.9 Å². The molecule has 0 bridgehead atoms. The van der Waals surface area contributed by atoms with Crippen molar-refractivity contribution in [1.82, 2.24) is 4.98 Å². The van der Waals surface area contributed by atoms with E-state index in [1.54, 1.807) is 0 Å². The molecule has 3 nitrogen and oxygen atoms in total. The molecule has 0 spiro atoms. The van der Waals surface area contributed by atoms with Crippen LogP contribution < -0.4 is 0 Å². The van der Waals surface area contributed by atoms with Gasteiger partial charge in [0.25, 0.3) is 0 Å². The van der Waals surface area contributed by atoms with Crippen LogP contribution in [0.1, 0.15) is 41.9 Å². The first kappa shape index (κ1) is 14.9. The van der Waals surface area contributed by atoms with Crippen molar-refractivity contribution in [3.8, 4) is 0 Å². The summed E-state index contributed by atoms with van der Waals surface area (Å²) in [6.45, 7) is 3.92. The van der Waals surface area contributed by atoms with Crippen molar-refractivity contribution >= 4 is 32.8 Å². The number of nitrogens with zero attached hydrogens (tertiary/aromatic N) is 1. The molecule has 0 saturated heterocycles. The van der Waals surface area contributed by atoms with Crippen LogP contribution in [-0.2, 0) is 12.8 Å². The Morgan fingerprint density at radius 2 is 2.10 bits per heavy atom. The molecule has 0 saturated carbocycles. The molecule has 0 amide bonds. The van der Waals surface area contributed by atoms with Crippen molar-refractivity contribution in [3.63, 3.8) is 0 Å². The molecule has 1 heterocycles. The highest BCUT2D eigenvalue weighted by Crippen LogP contribution is 2.29. The zero-order chi connectivity index (χ0) is 14.9. The largest absolute Gasteiger partial charge is 0.478 e. The predicted octanol–water partition coefficient (Wildman–Crippen LogP) is 4.35. The van der Waals surface area contributed by atoms with E-state index in [4.69, 9.17) is 0 Å². The second-order valence-electron chi connectivity index (χ2n) is 4.60. The van der Waals surface area contributed by atoms with Gasteiger partial charge in [-0.15, -0.1) is 0 Å². The normalized spacial score (nSPS) is 11.0. The Kier molecular flexibility index (Phi) is 4.38. The Morgan fingerprint density at radius 1 is 1.40 bits per heavy atom. The number of benzene rings is 1. The Bertz CT molecular complexity index is 685. The summed E-state index contributed by atoms with van der Waals surface area (Å²) in [7, 11) is 0. The third kappa shape index (κ3) is 2.54. The van der Waals surface area contributed by atoms with Crippen molar-refractivity contribution < 1.29 is 14.3 Å². The van der Waals surface area contributed by atoms with E-state index < -0.39 is 11.8 Å². The highest BCUT2D eigenvalue weighted by Gasteiger charge is 2.19. The standard InChI is InChI=1S/C15H15BrFNO2/c1-3-5-12-8(4-2)14(15(19)20)9-6-10(16)11(17)7-13(9)18-12/h6-7H,3-5H2,1-2H3,(H,19,20). The molecule has 2 aromatic rings. The molecule has 1 aromatic carbocycles. The highest BCUT2D eigenvalue weighted by molar-refractivity contribution is 9.10. The third-order valence-electron chi connectivity index (χ3n) is 3.27. The number of hydrogen-bond donors (Lipinski definition) is 1. The molecule has 0 aliphatic heterocycles. The summed E-state index contributed by atoms with van der Waals surface area (Å²) in [4.78, 5) is 16.1. The minimum atomic E-state index is -0.995. The Labute approximate surface area is 125 Å². The van der Waals surface area contributed by atoms with Crippen molar-refractivity contribution in [2.24, 2.45) is 0 Å². The number of pyridine rings is 1.